The average molecular weight is 257 g/mol. The molecule has 1 N–H and O–H groups in total. The van der Waals surface area contributed by atoms with Gasteiger partial charge in [0, 0.05) is 6.04 Å². The largest absolute Gasteiger partial charge is 0.468 e. The van der Waals surface area contributed by atoms with Gasteiger partial charge in [-0.25, -0.2) is 0 Å². The Morgan fingerprint density at radius 3 is 2.63 bits per heavy atom. The van der Waals surface area contributed by atoms with Crippen LogP contribution in [0.5, 0.6) is 0 Å². The molecule has 2 atom stereocenters. The summed E-state index contributed by atoms with van der Waals surface area (Å²) in [5.41, 5.74) is 4.00. The van der Waals surface area contributed by atoms with Crippen molar-refractivity contribution in [2.45, 2.75) is 46.2 Å². The highest BCUT2D eigenvalue weighted by Crippen LogP contribution is 2.24. The Balaban J connectivity index is 2.15. The molecule has 2 heteroatoms. The zero-order valence-electron chi connectivity index (χ0n) is 12.2. The molecule has 0 saturated heterocycles. The summed E-state index contributed by atoms with van der Waals surface area (Å²) in [7, 11) is 0. The van der Waals surface area contributed by atoms with Gasteiger partial charge in [0.1, 0.15) is 5.76 Å². The summed E-state index contributed by atoms with van der Waals surface area (Å²) in [4.78, 5) is 0. The highest BCUT2D eigenvalue weighted by molar-refractivity contribution is 5.32. The molecule has 0 amide bonds. The second-order valence-corrected chi connectivity index (χ2v) is 5.22. The maximum atomic E-state index is 5.51. The van der Waals surface area contributed by atoms with E-state index in [9.17, 15) is 0 Å². The van der Waals surface area contributed by atoms with Crippen LogP contribution >= 0.6 is 0 Å². The molecule has 2 unspecified atom stereocenters. The van der Waals surface area contributed by atoms with E-state index >= 15 is 0 Å². The van der Waals surface area contributed by atoms with Crippen LogP contribution in [0, 0.1) is 13.8 Å². The molecule has 19 heavy (non-hydrogen) atoms. The van der Waals surface area contributed by atoms with Crippen LogP contribution in [0.2, 0.25) is 0 Å². The summed E-state index contributed by atoms with van der Waals surface area (Å²) >= 11 is 0. The van der Waals surface area contributed by atoms with Crippen molar-refractivity contribution in [1.29, 1.82) is 0 Å². The number of hydrogen-bond donors (Lipinski definition) is 1. The topological polar surface area (TPSA) is 25.2 Å². The van der Waals surface area contributed by atoms with Gasteiger partial charge in [-0.3, -0.25) is 0 Å². The predicted molar refractivity (Wildman–Crippen MR) is 79.2 cm³/mol. The molecule has 0 bridgehead atoms. The molecule has 0 fully saturated rings. The molecule has 102 valence electrons. The molecular weight excluding hydrogens is 234 g/mol. The van der Waals surface area contributed by atoms with Crippen molar-refractivity contribution >= 4 is 0 Å². The molecule has 2 nitrogen and oxygen atoms in total. The molecule has 1 aromatic carbocycles. The van der Waals surface area contributed by atoms with E-state index in [-0.39, 0.29) is 6.04 Å². The van der Waals surface area contributed by atoms with Gasteiger partial charge < -0.3 is 9.73 Å². The fourth-order valence-corrected chi connectivity index (χ4v) is 2.51. The minimum absolute atomic E-state index is 0.268. The van der Waals surface area contributed by atoms with Crippen LogP contribution in [-0.2, 0) is 0 Å². The van der Waals surface area contributed by atoms with Gasteiger partial charge >= 0.3 is 0 Å². The van der Waals surface area contributed by atoms with Crippen LogP contribution in [0.1, 0.15) is 54.8 Å². The summed E-state index contributed by atoms with van der Waals surface area (Å²) in [6.45, 7) is 8.70. The molecule has 2 rings (SSSR count). The number of nitrogens with one attached hydrogen (secondary N) is 1. The first-order valence-electron chi connectivity index (χ1n) is 6.98. The van der Waals surface area contributed by atoms with Crippen LogP contribution < -0.4 is 5.32 Å². The molecule has 0 saturated carbocycles. The maximum absolute atomic E-state index is 5.51. The number of rotatable bonds is 5. The zero-order valence-corrected chi connectivity index (χ0v) is 12.2. The minimum Gasteiger partial charge on any atom is -0.468 e. The number of furan rings is 1. The van der Waals surface area contributed by atoms with Crippen molar-refractivity contribution in [3.05, 3.63) is 59.0 Å². The van der Waals surface area contributed by atoms with Crippen LogP contribution in [0.25, 0.3) is 0 Å². The van der Waals surface area contributed by atoms with E-state index in [1.165, 1.54) is 16.7 Å². The molecular formula is C17H23NO. The van der Waals surface area contributed by atoms with Gasteiger partial charge in [0.2, 0.25) is 0 Å². The van der Waals surface area contributed by atoms with E-state index in [0.29, 0.717) is 6.04 Å². The number of hydrogen-bond acceptors (Lipinski definition) is 2. The summed E-state index contributed by atoms with van der Waals surface area (Å²) in [5, 5.41) is 3.66. The van der Waals surface area contributed by atoms with Crippen LogP contribution in [0.15, 0.2) is 41.0 Å². The Labute approximate surface area is 115 Å². The van der Waals surface area contributed by atoms with Gasteiger partial charge in [0.05, 0.1) is 12.3 Å². The van der Waals surface area contributed by atoms with Gasteiger partial charge in [-0.05, 0) is 50.5 Å². The number of benzene rings is 1. The molecule has 2 aromatic rings. The Morgan fingerprint density at radius 2 is 2.00 bits per heavy atom. The van der Waals surface area contributed by atoms with Crippen molar-refractivity contribution in [3.8, 4) is 0 Å². The normalized spacial score (nSPS) is 14.3. The summed E-state index contributed by atoms with van der Waals surface area (Å²) in [6.07, 6.45) is 2.75. The Morgan fingerprint density at radius 1 is 1.21 bits per heavy atom. The highest BCUT2D eigenvalue weighted by atomic mass is 16.3. The van der Waals surface area contributed by atoms with Crippen LogP contribution in [0.4, 0.5) is 0 Å². The van der Waals surface area contributed by atoms with Crippen molar-refractivity contribution in [2.75, 3.05) is 0 Å². The van der Waals surface area contributed by atoms with Gasteiger partial charge in [-0.1, -0.05) is 30.7 Å². The lowest BCUT2D eigenvalue weighted by atomic mass is 9.99. The quantitative estimate of drug-likeness (QED) is 0.840. The third kappa shape index (κ3) is 3.27. The second kappa shape index (κ2) is 6.07. The van der Waals surface area contributed by atoms with Crippen molar-refractivity contribution in [2.24, 2.45) is 0 Å². The smallest absolute Gasteiger partial charge is 0.120 e. The maximum Gasteiger partial charge on any atom is 0.120 e. The van der Waals surface area contributed by atoms with E-state index in [2.05, 4.69) is 51.2 Å². The van der Waals surface area contributed by atoms with Gasteiger partial charge in [-0.2, -0.15) is 0 Å². The van der Waals surface area contributed by atoms with E-state index in [1.54, 1.807) is 6.26 Å². The Hall–Kier alpha value is -1.54. The fraction of sp³-hybridized carbons (Fsp3) is 0.412. The predicted octanol–water partition coefficient (Wildman–Crippen LogP) is 4.70. The van der Waals surface area contributed by atoms with Crippen molar-refractivity contribution in [3.63, 3.8) is 0 Å². The number of aryl methyl sites for hydroxylation is 2. The Kier molecular flexibility index (Phi) is 4.43. The minimum atomic E-state index is 0.268. The standard InChI is InChI=1S/C17H23NO/c1-5-16(17-7-6-10-19-17)18-14(4)15-11-12(2)8-9-13(15)3/h6-11,14,16,18H,5H2,1-4H3. The van der Waals surface area contributed by atoms with Crippen molar-refractivity contribution < 1.29 is 4.42 Å². The summed E-state index contributed by atoms with van der Waals surface area (Å²) < 4.78 is 5.51. The second-order valence-electron chi connectivity index (χ2n) is 5.22. The molecule has 0 spiro atoms. The van der Waals surface area contributed by atoms with E-state index < -0.39 is 0 Å². The van der Waals surface area contributed by atoms with Crippen molar-refractivity contribution in [1.82, 2.24) is 5.32 Å². The van der Waals surface area contributed by atoms with Crippen LogP contribution in [0.3, 0.4) is 0 Å². The van der Waals surface area contributed by atoms with Gasteiger partial charge in [0.25, 0.3) is 0 Å². The lowest BCUT2D eigenvalue weighted by molar-refractivity contribution is 0.376. The molecule has 1 heterocycles. The molecule has 1 aromatic heterocycles. The molecule has 0 aliphatic rings. The summed E-state index contributed by atoms with van der Waals surface area (Å²) in [6, 6.07) is 11.2. The summed E-state index contributed by atoms with van der Waals surface area (Å²) in [5.74, 6) is 1.01. The Bertz CT molecular complexity index is 516. The molecule has 0 aliphatic heterocycles. The monoisotopic (exact) mass is 257 g/mol. The first-order valence-corrected chi connectivity index (χ1v) is 6.98. The molecule has 0 aliphatic carbocycles. The SMILES string of the molecule is CCC(NC(C)c1cc(C)ccc1C)c1ccco1. The lowest BCUT2D eigenvalue weighted by Crippen LogP contribution is -2.24. The first-order chi connectivity index (χ1) is 9.11. The van der Waals surface area contributed by atoms with E-state index in [0.717, 1.165) is 12.2 Å². The third-order valence-corrected chi connectivity index (χ3v) is 3.65. The fourth-order valence-electron chi connectivity index (χ4n) is 2.51. The van der Waals surface area contributed by atoms with E-state index in [1.807, 2.05) is 12.1 Å². The van der Waals surface area contributed by atoms with Gasteiger partial charge in [0.15, 0.2) is 0 Å². The van der Waals surface area contributed by atoms with Crippen LogP contribution in [-0.4, -0.2) is 0 Å². The average Bonchev–Trinajstić information content (AvgIpc) is 2.92. The first kappa shape index (κ1) is 13.9. The highest BCUT2D eigenvalue weighted by Gasteiger charge is 2.17. The molecule has 0 radical (unpaired) electrons. The van der Waals surface area contributed by atoms with Gasteiger partial charge in [-0.15, -0.1) is 0 Å². The third-order valence-electron chi connectivity index (χ3n) is 3.65. The van der Waals surface area contributed by atoms with E-state index in [4.69, 9.17) is 4.42 Å². The lowest BCUT2D eigenvalue weighted by Gasteiger charge is -2.22. The zero-order chi connectivity index (χ0) is 13.8.